The zero-order chi connectivity index (χ0) is 22.8. The van der Waals surface area contributed by atoms with Crippen molar-refractivity contribution in [3.05, 3.63) is 65.8 Å². The molecule has 0 amide bonds. The summed E-state index contributed by atoms with van der Waals surface area (Å²) >= 11 is 1.30. The van der Waals surface area contributed by atoms with E-state index in [0.29, 0.717) is 28.6 Å². The molecule has 10 heteroatoms. The summed E-state index contributed by atoms with van der Waals surface area (Å²) in [4.78, 5) is 12.9. The van der Waals surface area contributed by atoms with Crippen molar-refractivity contribution in [1.29, 1.82) is 0 Å². The second-order valence-electron chi connectivity index (χ2n) is 6.80. The standard InChI is InChI=1S/C21H21F3N4O2S/c1-5-10-27-15(4)25-26-20(27)31-12-19(29)18-11-13(2)28(14(18)3)16-6-8-17(9-7-16)30-21(22,23)24/h5-9,11H,1,10,12H2,2-4H3. The van der Waals surface area contributed by atoms with Gasteiger partial charge in [-0.25, -0.2) is 0 Å². The smallest absolute Gasteiger partial charge is 0.406 e. The number of carbonyl (C=O) groups excluding carboxylic acids is 1. The number of hydrogen-bond donors (Lipinski definition) is 0. The van der Waals surface area contributed by atoms with E-state index < -0.39 is 6.36 Å². The number of aromatic nitrogens is 4. The average Bonchev–Trinajstić information content (AvgIpc) is 3.19. The van der Waals surface area contributed by atoms with Crippen molar-refractivity contribution < 1.29 is 22.7 Å². The fourth-order valence-corrected chi connectivity index (χ4v) is 4.13. The second-order valence-corrected chi connectivity index (χ2v) is 7.75. The SMILES string of the molecule is C=CCn1c(C)nnc1SCC(=O)c1cc(C)n(-c2ccc(OC(F)(F)F)cc2)c1C. The number of rotatable bonds is 8. The molecule has 3 rings (SSSR count). The van der Waals surface area contributed by atoms with Crippen molar-refractivity contribution in [2.24, 2.45) is 0 Å². The van der Waals surface area contributed by atoms with Crippen LogP contribution in [-0.4, -0.2) is 37.2 Å². The van der Waals surface area contributed by atoms with Gasteiger partial charge in [-0.1, -0.05) is 17.8 Å². The number of halogens is 3. The summed E-state index contributed by atoms with van der Waals surface area (Å²) in [7, 11) is 0. The molecule has 0 aliphatic carbocycles. The van der Waals surface area contributed by atoms with Crippen LogP contribution in [0, 0.1) is 20.8 Å². The number of carbonyl (C=O) groups is 1. The van der Waals surface area contributed by atoms with E-state index in [1.54, 1.807) is 19.1 Å². The Labute approximate surface area is 181 Å². The lowest BCUT2D eigenvalue weighted by Crippen LogP contribution is -2.17. The number of benzene rings is 1. The maximum atomic E-state index is 12.9. The van der Waals surface area contributed by atoms with E-state index in [-0.39, 0.29) is 17.3 Å². The number of nitrogens with zero attached hydrogens (tertiary/aromatic N) is 4. The number of hydrogen-bond acceptors (Lipinski definition) is 5. The summed E-state index contributed by atoms with van der Waals surface area (Å²) in [6.07, 6.45) is -3.01. The number of allylic oxidation sites excluding steroid dienone is 1. The topological polar surface area (TPSA) is 61.9 Å². The van der Waals surface area contributed by atoms with Crippen LogP contribution in [0.2, 0.25) is 0 Å². The molecule has 0 aliphatic heterocycles. The summed E-state index contributed by atoms with van der Waals surface area (Å²) < 4.78 is 44.7. The molecule has 0 atom stereocenters. The van der Waals surface area contributed by atoms with Gasteiger partial charge in [-0.15, -0.1) is 29.9 Å². The van der Waals surface area contributed by atoms with Gasteiger partial charge in [-0.2, -0.15) is 0 Å². The van der Waals surface area contributed by atoms with Crippen LogP contribution in [0.15, 0.2) is 48.1 Å². The van der Waals surface area contributed by atoms with Crippen LogP contribution >= 0.6 is 11.8 Å². The van der Waals surface area contributed by atoms with Crippen LogP contribution < -0.4 is 4.74 Å². The Bertz CT molecular complexity index is 1100. The van der Waals surface area contributed by atoms with E-state index in [1.807, 2.05) is 23.0 Å². The summed E-state index contributed by atoms with van der Waals surface area (Å²) in [6, 6.07) is 7.30. The molecule has 0 spiro atoms. The van der Waals surface area contributed by atoms with Crippen LogP contribution in [0.1, 0.15) is 27.6 Å². The lowest BCUT2D eigenvalue weighted by molar-refractivity contribution is -0.274. The molecule has 0 saturated carbocycles. The highest BCUT2D eigenvalue weighted by Gasteiger charge is 2.31. The molecule has 164 valence electrons. The van der Waals surface area contributed by atoms with Crippen molar-refractivity contribution in [2.75, 3.05) is 5.75 Å². The highest BCUT2D eigenvalue weighted by molar-refractivity contribution is 7.99. The molecule has 6 nitrogen and oxygen atoms in total. The average molecular weight is 450 g/mol. The Morgan fingerprint density at radius 2 is 1.87 bits per heavy atom. The van der Waals surface area contributed by atoms with E-state index in [0.717, 1.165) is 11.5 Å². The van der Waals surface area contributed by atoms with Gasteiger partial charge in [0.2, 0.25) is 0 Å². The van der Waals surface area contributed by atoms with Gasteiger partial charge in [0, 0.05) is 29.2 Å². The molecule has 31 heavy (non-hydrogen) atoms. The Balaban J connectivity index is 1.78. The Hall–Kier alpha value is -3.01. The second kappa shape index (κ2) is 9.01. The van der Waals surface area contributed by atoms with Crippen molar-refractivity contribution in [1.82, 2.24) is 19.3 Å². The minimum atomic E-state index is -4.74. The van der Waals surface area contributed by atoms with Crippen molar-refractivity contribution >= 4 is 17.5 Å². The lowest BCUT2D eigenvalue weighted by atomic mass is 10.2. The summed E-state index contributed by atoms with van der Waals surface area (Å²) in [5, 5.41) is 8.78. The molecule has 1 aromatic carbocycles. The van der Waals surface area contributed by atoms with Crippen molar-refractivity contribution in [2.45, 2.75) is 38.8 Å². The van der Waals surface area contributed by atoms with Gasteiger partial charge < -0.3 is 13.9 Å². The van der Waals surface area contributed by atoms with Crippen LogP contribution in [0.4, 0.5) is 13.2 Å². The quantitative estimate of drug-likeness (QED) is 0.273. The first-order valence-corrected chi connectivity index (χ1v) is 10.3. The van der Waals surface area contributed by atoms with Gasteiger partial charge in [-0.05, 0) is 51.1 Å². The number of ether oxygens (including phenoxy) is 1. The van der Waals surface area contributed by atoms with E-state index in [2.05, 4.69) is 21.5 Å². The number of alkyl halides is 3. The predicted molar refractivity (Wildman–Crippen MR) is 112 cm³/mol. The molecule has 0 aliphatic rings. The van der Waals surface area contributed by atoms with Crippen molar-refractivity contribution in [3.8, 4) is 11.4 Å². The zero-order valence-corrected chi connectivity index (χ0v) is 18.0. The number of thioether (sulfide) groups is 1. The van der Waals surface area contributed by atoms with Crippen LogP contribution in [0.25, 0.3) is 5.69 Å². The number of ketones is 1. The van der Waals surface area contributed by atoms with Crippen LogP contribution in [0.5, 0.6) is 5.75 Å². The Morgan fingerprint density at radius 1 is 1.19 bits per heavy atom. The number of Topliss-reactive ketones (excluding diaryl/α,β-unsaturated/α-hetero) is 1. The predicted octanol–water partition coefficient (Wildman–Crippen LogP) is 5.05. The molecule has 0 bridgehead atoms. The lowest BCUT2D eigenvalue weighted by Gasteiger charge is -2.12. The monoisotopic (exact) mass is 450 g/mol. The third kappa shape index (κ3) is 5.19. The first-order chi connectivity index (χ1) is 14.6. The van der Waals surface area contributed by atoms with E-state index in [1.165, 1.54) is 36.0 Å². The molecule has 2 heterocycles. The first kappa shape index (κ1) is 22.7. The normalized spacial score (nSPS) is 11.5. The fraction of sp³-hybridized carbons (Fsp3) is 0.286. The Kier molecular flexibility index (Phi) is 6.59. The Morgan fingerprint density at radius 3 is 2.48 bits per heavy atom. The molecule has 2 aromatic heterocycles. The molecule has 3 aromatic rings. The molecular weight excluding hydrogens is 429 g/mol. The van der Waals surface area contributed by atoms with E-state index in [9.17, 15) is 18.0 Å². The van der Waals surface area contributed by atoms with E-state index >= 15 is 0 Å². The van der Waals surface area contributed by atoms with Gasteiger partial charge in [0.1, 0.15) is 11.6 Å². The summed E-state index contributed by atoms with van der Waals surface area (Å²) in [5.41, 5.74) is 2.68. The molecule has 0 saturated heterocycles. The molecular formula is C21H21F3N4O2S. The van der Waals surface area contributed by atoms with Gasteiger partial charge >= 0.3 is 6.36 Å². The highest BCUT2D eigenvalue weighted by Crippen LogP contribution is 2.27. The summed E-state index contributed by atoms with van der Waals surface area (Å²) in [5.74, 6) is 0.543. The molecule has 0 radical (unpaired) electrons. The van der Waals surface area contributed by atoms with Crippen molar-refractivity contribution in [3.63, 3.8) is 0 Å². The maximum Gasteiger partial charge on any atom is 0.573 e. The highest BCUT2D eigenvalue weighted by atomic mass is 32.2. The first-order valence-electron chi connectivity index (χ1n) is 9.32. The minimum absolute atomic E-state index is 0.0767. The third-order valence-electron chi connectivity index (χ3n) is 4.61. The van der Waals surface area contributed by atoms with Gasteiger partial charge in [0.25, 0.3) is 0 Å². The van der Waals surface area contributed by atoms with Gasteiger partial charge in [0.05, 0.1) is 5.75 Å². The van der Waals surface area contributed by atoms with Gasteiger partial charge in [-0.3, -0.25) is 4.79 Å². The fourth-order valence-electron chi connectivity index (χ4n) is 3.25. The van der Waals surface area contributed by atoms with Gasteiger partial charge in [0.15, 0.2) is 10.9 Å². The largest absolute Gasteiger partial charge is 0.573 e. The summed E-state index contributed by atoms with van der Waals surface area (Å²) in [6.45, 7) is 9.74. The van der Waals surface area contributed by atoms with E-state index in [4.69, 9.17) is 0 Å². The zero-order valence-electron chi connectivity index (χ0n) is 17.2. The maximum absolute atomic E-state index is 12.9. The molecule has 0 unspecified atom stereocenters. The molecule has 0 fully saturated rings. The molecule has 0 N–H and O–H groups in total. The van der Waals surface area contributed by atoms with Crippen LogP contribution in [-0.2, 0) is 6.54 Å². The minimum Gasteiger partial charge on any atom is -0.406 e. The third-order valence-corrected chi connectivity index (χ3v) is 5.57. The van der Waals surface area contributed by atoms with Crippen LogP contribution in [0.3, 0.4) is 0 Å². The number of aryl methyl sites for hydroxylation is 2.